The normalized spacial score (nSPS) is 13.1. The van der Waals surface area contributed by atoms with Crippen LogP contribution >= 0.6 is 0 Å². The van der Waals surface area contributed by atoms with Crippen LogP contribution in [-0.2, 0) is 6.42 Å². The first-order valence-electron chi connectivity index (χ1n) is 5.52. The molecule has 1 unspecified atom stereocenters. The lowest BCUT2D eigenvalue weighted by molar-refractivity contribution is 0.616. The average Bonchev–Trinajstić information content (AvgIpc) is 2.58. The molecule has 0 aliphatic carbocycles. The third kappa shape index (κ3) is 2.49. The highest BCUT2D eigenvalue weighted by Crippen LogP contribution is 2.12. The van der Waals surface area contributed by atoms with Crippen molar-refractivity contribution in [2.24, 2.45) is 5.73 Å². The van der Waals surface area contributed by atoms with Crippen LogP contribution in [0.1, 0.15) is 25.6 Å². The van der Waals surface area contributed by atoms with E-state index in [1.54, 1.807) is 6.07 Å². The van der Waals surface area contributed by atoms with Crippen molar-refractivity contribution in [3.8, 4) is 0 Å². The number of fused-ring (bicyclic) bond motifs is 1. The van der Waals surface area contributed by atoms with Gasteiger partial charge in [0.05, 0.1) is 5.52 Å². The van der Waals surface area contributed by atoms with Gasteiger partial charge >= 0.3 is 0 Å². The van der Waals surface area contributed by atoms with Crippen LogP contribution in [0.3, 0.4) is 0 Å². The van der Waals surface area contributed by atoms with Crippen LogP contribution in [0.15, 0.2) is 12.1 Å². The van der Waals surface area contributed by atoms with Crippen LogP contribution < -0.4 is 11.5 Å². The number of pyridine rings is 1. The summed E-state index contributed by atoms with van der Waals surface area (Å²) in [6.45, 7) is 2.01. The summed E-state index contributed by atoms with van der Waals surface area (Å²) in [5, 5.41) is 0. The Hall–Kier alpha value is -1.62. The number of nitrogens with zero attached hydrogens (tertiary/aromatic N) is 2. The van der Waals surface area contributed by atoms with Crippen molar-refractivity contribution in [3.05, 3.63) is 18.0 Å². The molecule has 86 valence electrons. The van der Waals surface area contributed by atoms with Crippen LogP contribution in [0.4, 0.5) is 5.82 Å². The van der Waals surface area contributed by atoms with Crippen molar-refractivity contribution in [2.45, 2.75) is 32.2 Å². The number of nitrogens with two attached hydrogens (primary N) is 2. The standard InChI is InChI=1S/C11H17N5/c1-7(12)3-2-4-10-14-8-5-6-9(13)15-11(8)16-10/h5-7H,2-4,12H2,1H3,(H3,13,14,15,16). The molecule has 1 atom stereocenters. The number of aromatic nitrogens is 3. The van der Waals surface area contributed by atoms with Gasteiger partial charge in [0.25, 0.3) is 0 Å². The van der Waals surface area contributed by atoms with Gasteiger partial charge in [-0.05, 0) is 31.9 Å². The summed E-state index contributed by atoms with van der Waals surface area (Å²) < 4.78 is 0. The molecule has 16 heavy (non-hydrogen) atoms. The number of nitrogen functional groups attached to an aromatic ring is 1. The van der Waals surface area contributed by atoms with Gasteiger partial charge in [0.1, 0.15) is 11.6 Å². The largest absolute Gasteiger partial charge is 0.384 e. The van der Waals surface area contributed by atoms with Crippen LogP contribution in [0, 0.1) is 0 Å². The second kappa shape index (κ2) is 4.49. The molecule has 0 saturated heterocycles. The van der Waals surface area contributed by atoms with Gasteiger partial charge in [0.15, 0.2) is 5.65 Å². The van der Waals surface area contributed by atoms with Gasteiger partial charge in [-0.3, -0.25) is 0 Å². The lowest BCUT2D eigenvalue weighted by Crippen LogP contribution is -2.14. The minimum atomic E-state index is 0.248. The van der Waals surface area contributed by atoms with Crippen molar-refractivity contribution >= 4 is 17.0 Å². The zero-order valence-electron chi connectivity index (χ0n) is 9.40. The van der Waals surface area contributed by atoms with E-state index in [1.165, 1.54) is 0 Å². The summed E-state index contributed by atoms with van der Waals surface area (Å²) in [7, 11) is 0. The molecular weight excluding hydrogens is 202 g/mol. The molecule has 2 rings (SSSR count). The Morgan fingerprint density at radius 2 is 2.19 bits per heavy atom. The molecule has 0 spiro atoms. The molecule has 0 aromatic carbocycles. The van der Waals surface area contributed by atoms with Crippen molar-refractivity contribution in [2.75, 3.05) is 5.73 Å². The molecule has 0 aliphatic rings. The smallest absolute Gasteiger partial charge is 0.179 e. The van der Waals surface area contributed by atoms with E-state index in [0.717, 1.165) is 30.6 Å². The number of imidazole rings is 1. The zero-order chi connectivity index (χ0) is 11.5. The van der Waals surface area contributed by atoms with Crippen LogP contribution in [0.2, 0.25) is 0 Å². The number of anilines is 1. The van der Waals surface area contributed by atoms with E-state index in [2.05, 4.69) is 15.0 Å². The van der Waals surface area contributed by atoms with E-state index in [-0.39, 0.29) is 6.04 Å². The zero-order valence-corrected chi connectivity index (χ0v) is 9.40. The lowest BCUT2D eigenvalue weighted by atomic mass is 10.1. The number of aryl methyl sites for hydroxylation is 1. The van der Waals surface area contributed by atoms with Crippen LogP contribution in [0.25, 0.3) is 11.2 Å². The number of H-pyrrole nitrogens is 1. The topological polar surface area (TPSA) is 93.6 Å². The Labute approximate surface area is 94.3 Å². The highest BCUT2D eigenvalue weighted by atomic mass is 15.0. The van der Waals surface area contributed by atoms with Gasteiger partial charge in [-0.1, -0.05) is 0 Å². The highest BCUT2D eigenvalue weighted by Gasteiger charge is 2.04. The van der Waals surface area contributed by atoms with E-state index in [4.69, 9.17) is 11.5 Å². The Morgan fingerprint density at radius 3 is 2.94 bits per heavy atom. The van der Waals surface area contributed by atoms with E-state index < -0.39 is 0 Å². The Bertz CT molecular complexity index is 474. The Morgan fingerprint density at radius 1 is 1.38 bits per heavy atom. The maximum absolute atomic E-state index is 5.69. The summed E-state index contributed by atoms with van der Waals surface area (Å²) in [5.41, 5.74) is 12.9. The molecule has 0 radical (unpaired) electrons. The predicted molar refractivity (Wildman–Crippen MR) is 64.9 cm³/mol. The van der Waals surface area contributed by atoms with Crippen molar-refractivity contribution in [3.63, 3.8) is 0 Å². The van der Waals surface area contributed by atoms with E-state index in [9.17, 15) is 0 Å². The van der Waals surface area contributed by atoms with Gasteiger partial charge in [-0.15, -0.1) is 0 Å². The van der Waals surface area contributed by atoms with Gasteiger partial charge in [-0.25, -0.2) is 9.97 Å². The summed E-state index contributed by atoms with van der Waals surface area (Å²) in [4.78, 5) is 11.8. The average molecular weight is 219 g/mol. The quantitative estimate of drug-likeness (QED) is 0.720. The molecule has 0 fully saturated rings. The van der Waals surface area contributed by atoms with Gasteiger partial charge in [0, 0.05) is 12.5 Å². The maximum Gasteiger partial charge on any atom is 0.179 e. The van der Waals surface area contributed by atoms with E-state index >= 15 is 0 Å². The van der Waals surface area contributed by atoms with E-state index in [0.29, 0.717) is 11.5 Å². The second-order valence-corrected chi connectivity index (χ2v) is 4.16. The number of rotatable bonds is 4. The first-order valence-corrected chi connectivity index (χ1v) is 5.52. The second-order valence-electron chi connectivity index (χ2n) is 4.16. The Balaban J connectivity index is 2.08. The molecule has 5 N–H and O–H groups in total. The van der Waals surface area contributed by atoms with Gasteiger partial charge < -0.3 is 16.5 Å². The summed E-state index contributed by atoms with van der Waals surface area (Å²) >= 11 is 0. The first-order chi connectivity index (χ1) is 7.65. The summed E-state index contributed by atoms with van der Waals surface area (Å²) in [6.07, 6.45) is 2.94. The number of nitrogens with one attached hydrogen (secondary N) is 1. The van der Waals surface area contributed by atoms with Crippen molar-refractivity contribution < 1.29 is 0 Å². The predicted octanol–water partition coefficient (Wildman–Crippen LogP) is 1.21. The number of hydrogen-bond donors (Lipinski definition) is 3. The molecule has 5 heteroatoms. The molecule has 5 nitrogen and oxygen atoms in total. The molecule has 2 heterocycles. The minimum absolute atomic E-state index is 0.248. The minimum Gasteiger partial charge on any atom is -0.384 e. The molecule has 2 aromatic rings. The fourth-order valence-electron chi connectivity index (χ4n) is 1.67. The SMILES string of the molecule is CC(N)CCCc1nc2nc(N)ccc2[nH]1. The third-order valence-corrected chi connectivity index (χ3v) is 2.49. The fourth-order valence-corrected chi connectivity index (χ4v) is 1.67. The van der Waals surface area contributed by atoms with Crippen LogP contribution in [0.5, 0.6) is 0 Å². The monoisotopic (exact) mass is 219 g/mol. The lowest BCUT2D eigenvalue weighted by Gasteiger charge is -2.01. The van der Waals surface area contributed by atoms with Crippen molar-refractivity contribution in [1.82, 2.24) is 15.0 Å². The summed E-state index contributed by atoms with van der Waals surface area (Å²) in [6, 6.07) is 3.92. The molecule has 0 saturated carbocycles. The maximum atomic E-state index is 5.69. The molecule has 2 aromatic heterocycles. The summed E-state index contributed by atoms with van der Waals surface area (Å²) in [5.74, 6) is 1.45. The van der Waals surface area contributed by atoms with E-state index in [1.807, 2.05) is 13.0 Å². The molecule has 0 bridgehead atoms. The third-order valence-electron chi connectivity index (χ3n) is 2.49. The fraction of sp³-hybridized carbons (Fsp3) is 0.455. The molecule has 0 amide bonds. The Kier molecular flexibility index (Phi) is 3.05. The first kappa shape index (κ1) is 10.9. The molecule has 0 aliphatic heterocycles. The number of aromatic amines is 1. The van der Waals surface area contributed by atoms with Gasteiger partial charge in [-0.2, -0.15) is 0 Å². The van der Waals surface area contributed by atoms with Gasteiger partial charge in [0.2, 0.25) is 0 Å². The van der Waals surface area contributed by atoms with Crippen LogP contribution in [-0.4, -0.2) is 21.0 Å². The van der Waals surface area contributed by atoms with Crippen molar-refractivity contribution in [1.29, 1.82) is 0 Å². The molecular formula is C11H17N5. The number of hydrogen-bond acceptors (Lipinski definition) is 4. The highest BCUT2D eigenvalue weighted by molar-refractivity contribution is 5.72.